The van der Waals surface area contributed by atoms with Crippen LogP contribution in [0.15, 0.2) is 0 Å². The molecule has 0 aromatic carbocycles. The van der Waals surface area contributed by atoms with Gasteiger partial charge in [0.1, 0.15) is 6.29 Å². The van der Waals surface area contributed by atoms with E-state index < -0.39 is 0 Å². The lowest BCUT2D eigenvalue weighted by atomic mass is 9.86. The van der Waals surface area contributed by atoms with Gasteiger partial charge >= 0.3 is 0 Å². The molecule has 3 rings (SSSR count). The summed E-state index contributed by atoms with van der Waals surface area (Å²) in [6.07, 6.45) is 6.86. The van der Waals surface area contributed by atoms with Crippen LogP contribution in [0, 0.1) is 11.8 Å². The Balaban J connectivity index is 0.000000243. The number of carbonyl (C=O) groups excluding carboxylic acids is 1. The minimum atomic E-state index is 0.326. The van der Waals surface area contributed by atoms with Gasteiger partial charge in [0.05, 0.1) is 0 Å². The number of ether oxygens (including phenoxy) is 1. The maximum Gasteiger partial charge on any atom is 0.125 e. The summed E-state index contributed by atoms with van der Waals surface area (Å²) in [5.41, 5.74) is 0. The number of piperazine rings is 1. The number of methoxy groups -OCH3 is 1. The number of hydrogen-bond donors (Lipinski definition) is 0. The summed E-state index contributed by atoms with van der Waals surface area (Å²) in [6, 6.07) is 1.53. The largest absolute Gasteiger partial charge is 0.388 e. The van der Waals surface area contributed by atoms with E-state index in [1.165, 1.54) is 51.9 Å². The van der Waals surface area contributed by atoms with Crippen molar-refractivity contribution in [1.29, 1.82) is 0 Å². The average molecular weight is 370 g/mol. The Kier molecular flexibility index (Phi) is 11.6. The van der Waals surface area contributed by atoms with Crippen LogP contribution in [-0.4, -0.2) is 93.6 Å². The summed E-state index contributed by atoms with van der Waals surface area (Å²) in [4.78, 5) is 17.6. The molecule has 0 radical (unpaired) electrons. The highest BCUT2D eigenvalue weighted by Gasteiger charge is 2.27. The van der Waals surface area contributed by atoms with Crippen LogP contribution in [0.25, 0.3) is 0 Å². The number of aldehydes is 1. The Morgan fingerprint density at radius 2 is 1.46 bits per heavy atom. The molecule has 0 unspecified atom stereocenters. The molecule has 2 heterocycles. The number of hydrogen-bond acceptors (Lipinski definition) is 5. The highest BCUT2D eigenvalue weighted by atomic mass is 16.4. The molecule has 0 spiro atoms. The first-order valence-corrected chi connectivity index (χ1v) is 10.4. The van der Waals surface area contributed by atoms with Crippen molar-refractivity contribution in [2.75, 3.05) is 60.5 Å². The standard InChI is InChI=1S/C12H24N2.C7H13NO.C2H6O/c1-11-3-5-12(6-4-11)14-9-7-13(2)8-10-14;1-6(2)8-3-7(4-8)5-9;1-3-2/h11-12H,3-10H2,1-2H3;5-7H,3-4H2,1-2H3;1-2H3. The number of nitrogens with zero attached hydrogens (tertiary/aromatic N) is 3. The smallest absolute Gasteiger partial charge is 0.125 e. The van der Waals surface area contributed by atoms with Crippen LogP contribution in [0.4, 0.5) is 0 Å². The lowest BCUT2D eigenvalue weighted by molar-refractivity contribution is -0.116. The van der Waals surface area contributed by atoms with Gasteiger partial charge in [0.15, 0.2) is 0 Å². The third-order valence-corrected chi connectivity index (χ3v) is 5.90. The zero-order chi connectivity index (χ0) is 19.5. The van der Waals surface area contributed by atoms with Crippen LogP contribution in [0.3, 0.4) is 0 Å². The predicted molar refractivity (Wildman–Crippen MR) is 110 cm³/mol. The molecule has 0 aromatic rings. The summed E-state index contributed by atoms with van der Waals surface area (Å²) in [5.74, 6) is 1.31. The van der Waals surface area contributed by atoms with Gasteiger partial charge in [-0.3, -0.25) is 9.80 Å². The monoisotopic (exact) mass is 369 g/mol. The minimum absolute atomic E-state index is 0.326. The molecule has 5 nitrogen and oxygen atoms in total. The number of rotatable bonds is 3. The van der Waals surface area contributed by atoms with Crippen LogP contribution < -0.4 is 0 Å². The van der Waals surface area contributed by atoms with E-state index in [1.807, 2.05) is 0 Å². The zero-order valence-corrected chi connectivity index (χ0v) is 18.1. The summed E-state index contributed by atoms with van der Waals surface area (Å²) in [6.45, 7) is 13.8. The second-order valence-corrected chi connectivity index (χ2v) is 8.61. The molecule has 26 heavy (non-hydrogen) atoms. The molecule has 1 saturated carbocycles. The fraction of sp³-hybridized carbons (Fsp3) is 0.952. The fourth-order valence-corrected chi connectivity index (χ4v) is 3.85. The van der Waals surface area contributed by atoms with Crippen molar-refractivity contribution in [3.63, 3.8) is 0 Å². The molecule has 0 bridgehead atoms. The SMILES string of the molecule is CC(C)N1CC(C=O)C1.CC1CCC(N2CCN(C)CC2)CC1.COC. The van der Waals surface area contributed by atoms with E-state index in [-0.39, 0.29) is 0 Å². The van der Waals surface area contributed by atoms with Gasteiger partial charge in [-0.05, 0) is 52.5 Å². The molecule has 154 valence electrons. The van der Waals surface area contributed by atoms with E-state index in [4.69, 9.17) is 0 Å². The van der Waals surface area contributed by atoms with E-state index in [9.17, 15) is 4.79 Å². The first-order chi connectivity index (χ1) is 12.4. The summed E-state index contributed by atoms with van der Waals surface area (Å²) < 4.78 is 4.25. The van der Waals surface area contributed by atoms with Crippen molar-refractivity contribution in [2.45, 2.75) is 58.5 Å². The molecule has 3 fully saturated rings. The molecule has 1 aliphatic carbocycles. The van der Waals surface area contributed by atoms with E-state index in [0.717, 1.165) is 31.3 Å². The van der Waals surface area contributed by atoms with Crippen LogP contribution in [0.2, 0.25) is 0 Å². The highest BCUT2D eigenvalue weighted by Crippen LogP contribution is 2.27. The quantitative estimate of drug-likeness (QED) is 0.715. The third kappa shape index (κ3) is 8.47. The van der Waals surface area contributed by atoms with Crippen molar-refractivity contribution >= 4 is 6.29 Å². The Morgan fingerprint density at radius 1 is 0.962 bits per heavy atom. The van der Waals surface area contributed by atoms with Gasteiger partial charge in [-0.2, -0.15) is 0 Å². The van der Waals surface area contributed by atoms with E-state index in [2.05, 4.69) is 47.3 Å². The first-order valence-electron chi connectivity index (χ1n) is 10.4. The second-order valence-electron chi connectivity index (χ2n) is 8.61. The number of carbonyl (C=O) groups is 1. The molecule has 2 aliphatic heterocycles. The minimum Gasteiger partial charge on any atom is -0.388 e. The molecular weight excluding hydrogens is 326 g/mol. The van der Waals surface area contributed by atoms with Gasteiger partial charge < -0.3 is 14.4 Å². The Bertz CT molecular complexity index is 336. The molecule has 0 amide bonds. The molecule has 0 N–H and O–H groups in total. The molecule has 0 atom stereocenters. The lowest BCUT2D eigenvalue weighted by Gasteiger charge is -2.40. The highest BCUT2D eigenvalue weighted by molar-refractivity contribution is 5.55. The Hall–Kier alpha value is -0.490. The molecule has 5 heteroatoms. The van der Waals surface area contributed by atoms with E-state index >= 15 is 0 Å². The summed E-state index contributed by atoms with van der Waals surface area (Å²) >= 11 is 0. The first kappa shape index (κ1) is 23.5. The van der Waals surface area contributed by atoms with Gasteiger partial charge in [0.2, 0.25) is 0 Å². The third-order valence-electron chi connectivity index (χ3n) is 5.90. The summed E-state index contributed by atoms with van der Waals surface area (Å²) in [5, 5.41) is 0. The predicted octanol–water partition coefficient (Wildman–Crippen LogP) is 2.60. The van der Waals surface area contributed by atoms with Crippen molar-refractivity contribution in [3.05, 3.63) is 0 Å². The zero-order valence-electron chi connectivity index (χ0n) is 18.1. The van der Waals surface area contributed by atoms with Crippen molar-refractivity contribution in [3.8, 4) is 0 Å². The van der Waals surface area contributed by atoms with Crippen LogP contribution in [0.1, 0.15) is 46.5 Å². The molecule has 0 aromatic heterocycles. The van der Waals surface area contributed by atoms with Crippen molar-refractivity contribution in [2.24, 2.45) is 11.8 Å². The maximum absolute atomic E-state index is 10.1. The molecule has 3 aliphatic rings. The van der Waals surface area contributed by atoms with Gasteiger partial charge in [0, 0.05) is 71.5 Å². The second kappa shape index (κ2) is 12.8. The Morgan fingerprint density at radius 3 is 1.88 bits per heavy atom. The average Bonchev–Trinajstić information content (AvgIpc) is 2.56. The maximum atomic E-state index is 10.1. The number of likely N-dealkylation sites (tertiary alicyclic amines) is 1. The topological polar surface area (TPSA) is 36.0 Å². The Labute approximate surface area is 162 Å². The lowest BCUT2D eigenvalue weighted by Crippen LogP contribution is -2.50. The van der Waals surface area contributed by atoms with E-state index in [1.54, 1.807) is 14.2 Å². The summed E-state index contributed by atoms with van der Waals surface area (Å²) in [7, 11) is 5.49. The molecular formula is C21H43N3O2. The molecule has 2 saturated heterocycles. The van der Waals surface area contributed by atoms with Crippen LogP contribution >= 0.6 is 0 Å². The van der Waals surface area contributed by atoms with E-state index in [0.29, 0.717) is 12.0 Å². The normalized spacial score (nSPS) is 28.4. The van der Waals surface area contributed by atoms with Gasteiger partial charge in [0.25, 0.3) is 0 Å². The fourth-order valence-electron chi connectivity index (χ4n) is 3.85. The van der Waals surface area contributed by atoms with Gasteiger partial charge in [-0.25, -0.2) is 0 Å². The van der Waals surface area contributed by atoms with Gasteiger partial charge in [-0.15, -0.1) is 0 Å². The van der Waals surface area contributed by atoms with Crippen molar-refractivity contribution < 1.29 is 9.53 Å². The van der Waals surface area contributed by atoms with Crippen LogP contribution in [-0.2, 0) is 9.53 Å². The van der Waals surface area contributed by atoms with Crippen molar-refractivity contribution in [1.82, 2.24) is 14.7 Å². The van der Waals surface area contributed by atoms with Gasteiger partial charge in [-0.1, -0.05) is 6.92 Å². The number of likely N-dealkylation sites (N-methyl/N-ethyl adjacent to an activating group) is 1. The van der Waals surface area contributed by atoms with Crippen LogP contribution in [0.5, 0.6) is 0 Å².